The molecule has 0 atom stereocenters. The van der Waals surface area contributed by atoms with Gasteiger partial charge in [-0.15, -0.1) is 10.2 Å². The van der Waals surface area contributed by atoms with Gasteiger partial charge >= 0.3 is 22.4 Å². The van der Waals surface area contributed by atoms with Crippen molar-refractivity contribution in [1.82, 2.24) is 48.5 Å². The number of hydrogen-bond acceptors (Lipinski definition) is 15. The number of nitrogens with zero attached hydrogens (tertiary/aromatic N) is 11. The highest BCUT2D eigenvalue weighted by molar-refractivity contribution is 8.45. The summed E-state index contributed by atoms with van der Waals surface area (Å²) in [6, 6.07) is 0.867. The van der Waals surface area contributed by atoms with Gasteiger partial charge in [0, 0.05) is 58.1 Å². The monoisotopic (exact) mass is 1150 g/mol. The Bertz CT molecular complexity index is 3350. The van der Waals surface area contributed by atoms with Gasteiger partial charge in [-0.05, 0) is 96.6 Å². The van der Waals surface area contributed by atoms with Crippen molar-refractivity contribution < 1.29 is 52.8 Å². The first kappa shape index (κ1) is 58.4. The molecule has 4 aliphatic rings. The minimum absolute atomic E-state index is 0.0351. The predicted molar refractivity (Wildman–Crippen MR) is 288 cm³/mol. The molecule has 432 valence electrons. The predicted octanol–water partition coefficient (Wildman–Crippen LogP) is 8.10. The summed E-state index contributed by atoms with van der Waals surface area (Å²) < 4.78 is 92.1. The molecule has 5 aromatic rings. The molecule has 0 bridgehead atoms. The van der Waals surface area contributed by atoms with Gasteiger partial charge in [0.15, 0.2) is 11.6 Å². The second-order valence-corrected chi connectivity index (χ2v) is 24.0. The molecule has 29 heteroatoms. The molecule has 1 aromatic carbocycles. The number of carbonyl (C=O) groups is 3. The zero-order valence-corrected chi connectivity index (χ0v) is 46.7. The number of aromatic amines is 1. The van der Waals surface area contributed by atoms with Gasteiger partial charge in [0.25, 0.3) is 11.1 Å². The number of anilines is 3. The summed E-state index contributed by atoms with van der Waals surface area (Å²) in [5, 5.41) is 10.6. The van der Waals surface area contributed by atoms with Crippen LogP contribution in [-0.4, -0.2) is 157 Å². The van der Waals surface area contributed by atoms with E-state index in [4.69, 9.17) is 30.5 Å². The molecule has 0 saturated carbocycles. The van der Waals surface area contributed by atoms with E-state index in [0.29, 0.717) is 94.5 Å². The van der Waals surface area contributed by atoms with E-state index in [2.05, 4.69) is 30.5 Å². The minimum Gasteiger partial charge on any atom is -0.444 e. The lowest BCUT2D eigenvalue weighted by Gasteiger charge is -2.40. The summed E-state index contributed by atoms with van der Waals surface area (Å²) in [5.74, 6) is 0.514. The maximum absolute atomic E-state index is 14.0. The van der Waals surface area contributed by atoms with Crippen molar-refractivity contribution in [3.8, 4) is 0 Å². The maximum atomic E-state index is 14.0. The number of aromatic nitrogens is 8. The SMILES string of the molecule is CCc1[nH]c2nc(C3=CCOCC3)nn2c(=O)c1N1CCN(C(=O)OC(C)(C)C)CC1.CCc1c(N2CCN(C(=O)OC(C)(C)C)CC2)c(=O)n2nc(C3=CCOCC3)nc2n1CC(=O)Nc1ccc(S(F)(F)(F)(F)F)cc1Cl. The molecule has 2 saturated heterocycles. The second-order valence-electron chi connectivity index (χ2n) is 21.1. The quantitative estimate of drug-likeness (QED) is 0.126. The third kappa shape index (κ3) is 13.6. The van der Waals surface area contributed by atoms with Gasteiger partial charge < -0.3 is 53.4 Å². The molecule has 3 amide bonds. The number of hydrogen-bond donors (Lipinski definition) is 2. The molecule has 2 N–H and O–H groups in total. The third-order valence-corrected chi connectivity index (χ3v) is 14.5. The highest BCUT2D eigenvalue weighted by Crippen LogP contribution is 3.02. The lowest BCUT2D eigenvalue weighted by Crippen LogP contribution is -2.51. The molecule has 9 rings (SSSR count). The number of fused-ring (bicyclic) bond motifs is 2. The number of benzene rings is 1. The summed E-state index contributed by atoms with van der Waals surface area (Å²) in [6.07, 6.45) is 5.06. The van der Waals surface area contributed by atoms with Gasteiger partial charge in [0.05, 0.1) is 42.8 Å². The van der Waals surface area contributed by atoms with Crippen LogP contribution in [0.25, 0.3) is 22.7 Å². The summed E-state index contributed by atoms with van der Waals surface area (Å²) in [6.45, 7) is 19.1. The number of halogens is 6. The van der Waals surface area contributed by atoms with Crippen LogP contribution in [0, 0.1) is 0 Å². The zero-order chi connectivity index (χ0) is 57.5. The van der Waals surface area contributed by atoms with Crippen LogP contribution in [0.15, 0.2) is 44.8 Å². The standard InChI is InChI=1S/C29H35ClF5N7O5S.C21H30N6O4/c1-5-22-24(39-10-12-40(13-11-39)28(45)47-29(2,3)4)26(44)42-27(37-25(38-42)18-8-14-46-15-9-18)41(22)17-23(43)36-21-7-6-19(16-20(21)30)48(31,32,33,34)35;1-5-15-16(25-8-10-26(11-9-25)20(29)31-21(2,3)4)18(28)27-19(22-15)23-17(24-27)14-6-12-30-13-7-14/h6-8,16H,5,9-15,17H2,1-4H3,(H,36,43);6H,5,7-13H2,1-4H3,(H,22,23,24). The number of ether oxygens (including phenoxy) is 4. The number of nitrogens with one attached hydrogen (secondary N) is 2. The molecule has 2 fully saturated rings. The largest absolute Gasteiger partial charge is 0.444 e. The fraction of sp³-hybridized carbons (Fsp3) is 0.540. The first-order valence-electron chi connectivity index (χ1n) is 25.8. The minimum atomic E-state index is -10.0. The van der Waals surface area contributed by atoms with E-state index in [1.807, 2.05) is 38.7 Å². The van der Waals surface area contributed by atoms with Crippen LogP contribution in [0.5, 0.6) is 0 Å². The van der Waals surface area contributed by atoms with Crippen LogP contribution in [0.2, 0.25) is 5.02 Å². The van der Waals surface area contributed by atoms with Gasteiger partial charge in [-0.2, -0.15) is 19.0 Å². The smallest absolute Gasteiger partial charge is 0.410 e. The Labute approximate surface area is 456 Å². The summed E-state index contributed by atoms with van der Waals surface area (Å²) >= 11 is 5.90. The number of piperazine rings is 2. The Morgan fingerprint density at radius 1 is 0.722 bits per heavy atom. The van der Waals surface area contributed by atoms with Gasteiger partial charge in [0.1, 0.15) is 34.0 Å². The molecule has 8 heterocycles. The first-order valence-corrected chi connectivity index (χ1v) is 28.1. The second kappa shape index (κ2) is 21.7. The first-order chi connectivity index (χ1) is 36.9. The Kier molecular flexibility index (Phi) is 16.0. The summed E-state index contributed by atoms with van der Waals surface area (Å²) in [7, 11) is -10.0. The molecule has 0 spiro atoms. The van der Waals surface area contributed by atoms with Crippen molar-refractivity contribution in [2.24, 2.45) is 0 Å². The summed E-state index contributed by atoms with van der Waals surface area (Å²) in [5.41, 5.74) is 1.56. The van der Waals surface area contributed by atoms with Crippen LogP contribution in [-0.2, 0) is 43.1 Å². The lowest BCUT2D eigenvalue weighted by molar-refractivity contribution is -0.116. The van der Waals surface area contributed by atoms with E-state index in [-0.39, 0.29) is 79.4 Å². The topological polar surface area (TPSA) is 228 Å². The van der Waals surface area contributed by atoms with Crippen molar-refractivity contribution in [2.45, 2.75) is 104 Å². The van der Waals surface area contributed by atoms with E-state index in [1.54, 1.807) is 43.6 Å². The van der Waals surface area contributed by atoms with Crippen LogP contribution in [0.4, 0.5) is 46.1 Å². The van der Waals surface area contributed by atoms with Crippen molar-refractivity contribution in [3.05, 3.63) is 79.1 Å². The lowest BCUT2D eigenvalue weighted by atomic mass is 10.1. The van der Waals surface area contributed by atoms with Crippen LogP contribution in [0.3, 0.4) is 0 Å². The number of aryl methyl sites for hydroxylation is 1. The van der Waals surface area contributed by atoms with Gasteiger partial charge in [-0.25, -0.2) is 9.59 Å². The van der Waals surface area contributed by atoms with Gasteiger partial charge in [0.2, 0.25) is 17.5 Å². The number of rotatable bonds is 10. The Hall–Kier alpha value is -6.78. The highest BCUT2D eigenvalue weighted by Gasteiger charge is 2.65. The average molecular weight is 1150 g/mol. The van der Waals surface area contributed by atoms with E-state index >= 15 is 0 Å². The third-order valence-electron chi connectivity index (χ3n) is 13.0. The molecule has 22 nitrogen and oxygen atoms in total. The van der Waals surface area contributed by atoms with Crippen LogP contribution in [0.1, 0.15) is 91.3 Å². The van der Waals surface area contributed by atoms with Crippen molar-refractivity contribution in [1.29, 1.82) is 0 Å². The molecule has 0 radical (unpaired) electrons. The van der Waals surface area contributed by atoms with E-state index in [9.17, 15) is 43.4 Å². The fourth-order valence-electron chi connectivity index (χ4n) is 9.25. The Morgan fingerprint density at radius 3 is 1.70 bits per heavy atom. The van der Waals surface area contributed by atoms with Gasteiger partial charge in [-0.1, -0.05) is 57.0 Å². The molecule has 4 aromatic heterocycles. The van der Waals surface area contributed by atoms with E-state index in [1.165, 1.54) is 14.0 Å². The maximum Gasteiger partial charge on any atom is 0.410 e. The van der Waals surface area contributed by atoms with Crippen molar-refractivity contribution in [3.63, 3.8) is 0 Å². The van der Waals surface area contributed by atoms with E-state index < -0.39 is 55.4 Å². The van der Waals surface area contributed by atoms with Gasteiger partial charge in [-0.3, -0.25) is 14.4 Å². The Morgan fingerprint density at radius 2 is 1.23 bits per heavy atom. The molecular formula is C50H65ClF5N13O9S. The normalized spacial score (nSPS) is 17.6. The molecule has 0 aliphatic carbocycles. The van der Waals surface area contributed by atoms with Crippen LogP contribution >= 0.6 is 21.8 Å². The van der Waals surface area contributed by atoms with E-state index in [0.717, 1.165) is 27.8 Å². The molecule has 79 heavy (non-hydrogen) atoms. The Balaban J connectivity index is 0.000000228. The number of amides is 3. The fourth-order valence-corrected chi connectivity index (χ4v) is 10.2. The zero-order valence-electron chi connectivity index (χ0n) is 45.2. The molecule has 0 unspecified atom stereocenters. The van der Waals surface area contributed by atoms with Crippen molar-refractivity contribution in [2.75, 3.05) is 93.9 Å². The average Bonchev–Trinajstić information content (AvgIpc) is 4.18. The number of carbonyl (C=O) groups excluding carboxylic acids is 3. The molecule has 4 aliphatic heterocycles. The van der Waals surface area contributed by atoms with Crippen LogP contribution < -0.4 is 26.2 Å². The van der Waals surface area contributed by atoms with Crippen molar-refractivity contribution >= 4 is 79.7 Å². The highest BCUT2D eigenvalue weighted by atomic mass is 35.5. The number of H-pyrrole nitrogens is 1. The summed E-state index contributed by atoms with van der Waals surface area (Å²) in [4.78, 5) is 83.1. The molecular weight excluding hydrogens is 1090 g/mol.